The van der Waals surface area contributed by atoms with Crippen molar-refractivity contribution in [3.63, 3.8) is 0 Å². The van der Waals surface area contributed by atoms with E-state index in [4.69, 9.17) is 17.3 Å². The number of nitrogens with zero attached hydrogens (tertiary/aromatic N) is 2. The van der Waals surface area contributed by atoms with Gasteiger partial charge >= 0.3 is 0 Å². The highest BCUT2D eigenvalue weighted by Crippen LogP contribution is 2.29. The van der Waals surface area contributed by atoms with Crippen LogP contribution >= 0.6 is 11.6 Å². The third-order valence-electron chi connectivity index (χ3n) is 2.87. The Hall–Kier alpha value is -1.46. The standard InChI is InChI=1S/C13H14ClF2N3/c1-7(2)19-13(10(14)6-18-19)12(17)9-4-3-8(15)5-11(9)16/h3-7,12H,17H2,1-2H3. The molecule has 0 spiro atoms. The number of rotatable bonds is 3. The molecule has 0 aliphatic rings. The Morgan fingerprint density at radius 2 is 2.00 bits per heavy atom. The number of nitrogens with two attached hydrogens (primary N) is 1. The molecule has 2 N–H and O–H groups in total. The van der Waals surface area contributed by atoms with Crippen LogP contribution in [0.2, 0.25) is 5.02 Å². The molecule has 6 heteroatoms. The van der Waals surface area contributed by atoms with Gasteiger partial charge in [0.25, 0.3) is 0 Å². The molecule has 1 unspecified atom stereocenters. The van der Waals surface area contributed by atoms with E-state index in [1.165, 1.54) is 18.3 Å². The van der Waals surface area contributed by atoms with Gasteiger partial charge in [0, 0.05) is 17.7 Å². The number of hydrogen-bond acceptors (Lipinski definition) is 2. The van der Waals surface area contributed by atoms with Gasteiger partial charge in [-0.15, -0.1) is 0 Å². The van der Waals surface area contributed by atoms with Crippen LogP contribution in [-0.2, 0) is 0 Å². The van der Waals surface area contributed by atoms with Gasteiger partial charge in [-0.1, -0.05) is 17.7 Å². The Kier molecular flexibility index (Phi) is 3.87. The van der Waals surface area contributed by atoms with Gasteiger partial charge in [0.2, 0.25) is 0 Å². The molecule has 0 radical (unpaired) electrons. The van der Waals surface area contributed by atoms with Crippen LogP contribution in [0, 0.1) is 11.6 Å². The van der Waals surface area contributed by atoms with Gasteiger partial charge in [0.1, 0.15) is 11.6 Å². The second-order valence-electron chi connectivity index (χ2n) is 4.56. The topological polar surface area (TPSA) is 43.8 Å². The SMILES string of the molecule is CC(C)n1ncc(Cl)c1C(N)c1ccc(F)cc1F. The fourth-order valence-corrected chi connectivity index (χ4v) is 2.20. The minimum Gasteiger partial charge on any atom is -0.319 e. The van der Waals surface area contributed by atoms with Crippen LogP contribution in [0.3, 0.4) is 0 Å². The van der Waals surface area contributed by atoms with Gasteiger partial charge < -0.3 is 5.73 Å². The van der Waals surface area contributed by atoms with Crippen LogP contribution in [-0.4, -0.2) is 9.78 Å². The molecule has 0 bridgehead atoms. The zero-order chi connectivity index (χ0) is 14.2. The van der Waals surface area contributed by atoms with Crippen molar-refractivity contribution >= 4 is 11.6 Å². The lowest BCUT2D eigenvalue weighted by Crippen LogP contribution is -2.20. The minimum atomic E-state index is -0.794. The van der Waals surface area contributed by atoms with Crippen LogP contribution < -0.4 is 5.73 Å². The molecule has 102 valence electrons. The van der Waals surface area contributed by atoms with Crippen molar-refractivity contribution in [3.8, 4) is 0 Å². The lowest BCUT2D eigenvalue weighted by atomic mass is 10.0. The first-order chi connectivity index (χ1) is 8.91. The summed E-state index contributed by atoms with van der Waals surface area (Å²) in [6, 6.07) is 2.54. The third-order valence-corrected chi connectivity index (χ3v) is 3.16. The van der Waals surface area contributed by atoms with E-state index in [9.17, 15) is 8.78 Å². The molecule has 0 aliphatic carbocycles. The predicted octanol–water partition coefficient (Wildman–Crippen LogP) is 3.44. The van der Waals surface area contributed by atoms with E-state index in [-0.39, 0.29) is 11.6 Å². The van der Waals surface area contributed by atoms with Crippen molar-refractivity contribution in [2.75, 3.05) is 0 Å². The Bertz CT molecular complexity index is 596. The van der Waals surface area contributed by atoms with Crippen molar-refractivity contribution in [1.82, 2.24) is 9.78 Å². The van der Waals surface area contributed by atoms with Crippen LogP contribution in [0.25, 0.3) is 0 Å². The van der Waals surface area contributed by atoms with E-state index < -0.39 is 17.7 Å². The molecule has 0 aliphatic heterocycles. The van der Waals surface area contributed by atoms with E-state index in [0.29, 0.717) is 10.7 Å². The Balaban J connectivity index is 2.49. The second kappa shape index (κ2) is 5.27. The molecule has 1 aromatic carbocycles. The molecular formula is C13H14ClF2N3. The highest BCUT2D eigenvalue weighted by atomic mass is 35.5. The quantitative estimate of drug-likeness (QED) is 0.939. The highest BCUT2D eigenvalue weighted by Gasteiger charge is 2.22. The average molecular weight is 286 g/mol. The maximum Gasteiger partial charge on any atom is 0.131 e. The molecule has 0 saturated carbocycles. The molecule has 1 atom stereocenters. The van der Waals surface area contributed by atoms with Crippen molar-refractivity contribution in [1.29, 1.82) is 0 Å². The fourth-order valence-electron chi connectivity index (χ4n) is 1.95. The fraction of sp³-hybridized carbons (Fsp3) is 0.308. The maximum absolute atomic E-state index is 13.8. The summed E-state index contributed by atoms with van der Waals surface area (Å²) in [6.45, 7) is 3.83. The van der Waals surface area contributed by atoms with Crippen LogP contribution in [0.15, 0.2) is 24.4 Å². The summed E-state index contributed by atoms with van der Waals surface area (Å²) >= 11 is 6.06. The molecule has 3 nitrogen and oxygen atoms in total. The highest BCUT2D eigenvalue weighted by molar-refractivity contribution is 6.31. The maximum atomic E-state index is 13.8. The van der Waals surface area contributed by atoms with Crippen LogP contribution in [0.5, 0.6) is 0 Å². The number of hydrogen-bond donors (Lipinski definition) is 1. The van der Waals surface area contributed by atoms with E-state index in [1.54, 1.807) is 4.68 Å². The van der Waals surface area contributed by atoms with Crippen molar-refractivity contribution < 1.29 is 8.78 Å². The van der Waals surface area contributed by atoms with Gasteiger partial charge in [-0.3, -0.25) is 4.68 Å². The molecule has 2 aromatic rings. The first-order valence-corrected chi connectivity index (χ1v) is 6.23. The summed E-state index contributed by atoms with van der Waals surface area (Å²) in [5.74, 6) is -1.34. The molecule has 0 amide bonds. The normalized spacial score (nSPS) is 13.0. The van der Waals surface area contributed by atoms with Crippen molar-refractivity contribution in [2.24, 2.45) is 5.73 Å². The van der Waals surface area contributed by atoms with Crippen molar-refractivity contribution in [3.05, 3.63) is 52.3 Å². The zero-order valence-electron chi connectivity index (χ0n) is 10.6. The van der Waals surface area contributed by atoms with Crippen molar-refractivity contribution in [2.45, 2.75) is 25.9 Å². The third kappa shape index (κ3) is 2.62. The number of halogens is 3. The number of benzene rings is 1. The van der Waals surface area contributed by atoms with Gasteiger partial charge in [-0.25, -0.2) is 8.78 Å². The minimum absolute atomic E-state index is 0.0389. The van der Waals surface area contributed by atoms with E-state index in [2.05, 4.69) is 5.10 Å². The Morgan fingerprint density at radius 1 is 1.32 bits per heavy atom. The van der Waals surface area contributed by atoms with Crippen LogP contribution in [0.1, 0.15) is 37.2 Å². The molecule has 0 fully saturated rings. The van der Waals surface area contributed by atoms with Gasteiger partial charge in [-0.2, -0.15) is 5.10 Å². The summed E-state index contributed by atoms with van der Waals surface area (Å²) < 4.78 is 28.3. The van der Waals surface area contributed by atoms with Crippen LogP contribution in [0.4, 0.5) is 8.78 Å². The molecule has 0 saturated heterocycles. The summed E-state index contributed by atoms with van der Waals surface area (Å²) in [5, 5.41) is 4.48. The Morgan fingerprint density at radius 3 is 2.58 bits per heavy atom. The molecule has 19 heavy (non-hydrogen) atoms. The Labute approximate surface area is 115 Å². The zero-order valence-corrected chi connectivity index (χ0v) is 11.3. The molecular weight excluding hydrogens is 272 g/mol. The molecule has 1 aromatic heterocycles. The first kappa shape index (κ1) is 14.0. The largest absolute Gasteiger partial charge is 0.319 e. The summed E-state index contributed by atoms with van der Waals surface area (Å²) in [4.78, 5) is 0. The van der Waals surface area contributed by atoms with E-state index in [1.807, 2.05) is 13.8 Å². The second-order valence-corrected chi connectivity index (χ2v) is 4.97. The average Bonchev–Trinajstić information content (AvgIpc) is 2.70. The van der Waals surface area contributed by atoms with Gasteiger partial charge in [0.05, 0.1) is 23.0 Å². The lowest BCUT2D eigenvalue weighted by Gasteiger charge is -2.18. The first-order valence-electron chi connectivity index (χ1n) is 5.85. The predicted molar refractivity (Wildman–Crippen MR) is 70.0 cm³/mol. The summed E-state index contributed by atoms with van der Waals surface area (Å²) in [7, 11) is 0. The van der Waals surface area contributed by atoms with Gasteiger partial charge in [-0.05, 0) is 19.9 Å². The molecule has 1 heterocycles. The smallest absolute Gasteiger partial charge is 0.131 e. The number of aromatic nitrogens is 2. The van der Waals surface area contributed by atoms with E-state index >= 15 is 0 Å². The van der Waals surface area contributed by atoms with E-state index in [0.717, 1.165) is 6.07 Å². The lowest BCUT2D eigenvalue weighted by molar-refractivity contribution is 0.492. The molecule has 2 rings (SSSR count). The monoisotopic (exact) mass is 285 g/mol. The summed E-state index contributed by atoms with van der Waals surface area (Å²) in [6.07, 6.45) is 1.47. The summed E-state index contributed by atoms with van der Waals surface area (Å²) in [5.41, 5.74) is 6.75. The van der Waals surface area contributed by atoms with Gasteiger partial charge in [0.15, 0.2) is 0 Å².